The molecule has 15 heavy (non-hydrogen) atoms. The van der Waals surface area contributed by atoms with Crippen molar-refractivity contribution in [1.29, 1.82) is 0 Å². The Kier molecular flexibility index (Phi) is 3.45. The van der Waals surface area contributed by atoms with Crippen LogP contribution in [0.3, 0.4) is 0 Å². The van der Waals surface area contributed by atoms with Gasteiger partial charge in [0.05, 0.1) is 0 Å². The van der Waals surface area contributed by atoms with Crippen molar-refractivity contribution in [1.82, 2.24) is 0 Å². The van der Waals surface area contributed by atoms with E-state index in [2.05, 4.69) is 15.9 Å². The number of halogens is 2. The van der Waals surface area contributed by atoms with E-state index in [-0.39, 0.29) is 3.79 Å². The molecule has 1 aliphatic rings. The molecular weight excluding hydrogens is 371 g/mol. The maximum absolute atomic E-state index is 11.8. The molecule has 2 nitrogen and oxygen atoms in total. The summed E-state index contributed by atoms with van der Waals surface area (Å²) < 4.78 is 7.25. The summed E-state index contributed by atoms with van der Waals surface area (Å²) in [6.07, 6.45) is 0. The Labute approximate surface area is 105 Å². The van der Waals surface area contributed by atoms with Crippen LogP contribution in [0.4, 0.5) is 0 Å². The number of rotatable bonds is 2. The Balaban J connectivity index is 2.08. The van der Waals surface area contributed by atoms with Gasteiger partial charge in [-0.2, -0.15) is 0 Å². The van der Waals surface area contributed by atoms with Crippen LogP contribution in [0.2, 0.25) is 0 Å². The summed E-state index contributed by atoms with van der Waals surface area (Å²) in [6, 6.07) is 10.0. The quantitative estimate of drug-likeness (QED) is 0.443. The zero-order chi connectivity index (χ0) is 10.8. The van der Waals surface area contributed by atoms with Crippen LogP contribution >= 0.6 is 36.2 Å². The van der Waals surface area contributed by atoms with Crippen LogP contribution in [0.5, 0.6) is 0 Å². The van der Waals surface area contributed by atoms with Crippen LogP contribution in [0.1, 0.15) is 12.5 Å². The Bertz CT molecular complexity index is 414. The minimum atomic E-state index is -1.96. The molecule has 4 heteroatoms. The van der Waals surface area contributed by atoms with Gasteiger partial charge in [-0.25, -0.2) is 0 Å². The van der Waals surface area contributed by atoms with Crippen LogP contribution in [-0.4, -0.2) is 3.79 Å². The Morgan fingerprint density at radius 1 is 1.33 bits per heavy atom. The summed E-state index contributed by atoms with van der Waals surface area (Å²) in [6.45, 7) is 1.84. The summed E-state index contributed by atoms with van der Waals surface area (Å²) in [5.74, 6) is 0.751. The van der Waals surface area contributed by atoms with Gasteiger partial charge in [-0.3, -0.25) is 0 Å². The van der Waals surface area contributed by atoms with E-state index in [1.54, 1.807) is 0 Å². The van der Waals surface area contributed by atoms with E-state index in [0.717, 1.165) is 10.2 Å². The zero-order valence-corrected chi connectivity index (χ0v) is 11.9. The molecule has 80 valence electrons. The van der Waals surface area contributed by atoms with Crippen molar-refractivity contribution >= 4 is 40.0 Å². The van der Waals surface area contributed by atoms with Crippen LogP contribution in [0.15, 0.2) is 40.6 Å². The second-order valence-corrected chi connectivity index (χ2v) is 7.96. The average Bonchev–Trinajstić information content (AvgIpc) is 2.48. The van der Waals surface area contributed by atoms with E-state index in [1.165, 1.54) is 5.56 Å². The van der Waals surface area contributed by atoms with E-state index in [1.807, 2.05) is 37.3 Å². The first-order valence-electron chi connectivity index (χ1n) is 4.47. The SMILES string of the molecule is CC1=C(Br)C(=O)I(Cc2ccccc2)O1. The molecule has 0 bridgehead atoms. The van der Waals surface area contributed by atoms with Crippen molar-refractivity contribution in [3.05, 3.63) is 46.1 Å². The molecule has 0 aromatic heterocycles. The number of benzene rings is 1. The Morgan fingerprint density at radius 3 is 2.53 bits per heavy atom. The Morgan fingerprint density at radius 2 is 2.00 bits per heavy atom. The molecule has 1 aromatic rings. The number of carbonyl (C=O) groups is 1. The third kappa shape index (κ3) is 2.42. The van der Waals surface area contributed by atoms with E-state index >= 15 is 0 Å². The summed E-state index contributed by atoms with van der Waals surface area (Å²) in [4.78, 5) is 11.8. The molecule has 0 saturated carbocycles. The van der Waals surface area contributed by atoms with E-state index < -0.39 is 20.2 Å². The number of hydrogen-bond acceptors (Lipinski definition) is 2. The van der Waals surface area contributed by atoms with Gasteiger partial charge in [-0.05, 0) is 0 Å². The summed E-state index contributed by atoms with van der Waals surface area (Å²) in [7, 11) is 0. The molecule has 0 unspecified atom stereocenters. The maximum atomic E-state index is 11.8. The van der Waals surface area contributed by atoms with Crippen LogP contribution in [0, 0.1) is 0 Å². The summed E-state index contributed by atoms with van der Waals surface area (Å²) in [5, 5.41) is 0. The standard InChI is InChI=1S/C11H10BrIO2/c1-8-10(12)11(14)13(15-8)7-9-5-3-2-4-6-9/h2-6H,7H2,1H3. The van der Waals surface area contributed by atoms with Gasteiger partial charge in [0.2, 0.25) is 0 Å². The summed E-state index contributed by atoms with van der Waals surface area (Å²) >= 11 is 1.31. The van der Waals surface area contributed by atoms with Gasteiger partial charge in [0.25, 0.3) is 0 Å². The first kappa shape index (κ1) is 11.1. The van der Waals surface area contributed by atoms with E-state index in [9.17, 15) is 4.79 Å². The van der Waals surface area contributed by atoms with Crippen LogP contribution < -0.4 is 0 Å². The second-order valence-electron chi connectivity index (χ2n) is 3.16. The molecule has 1 aromatic carbocycles. The normalized spacial score (nSPS) is 18.3. The van der Waals surface area contributed by atoms with Gasteiger partial charge >= 0.3 is 105 Å². The molecule has 0 saturated heterocycles. The van der Waals surface area contributed by atoms with Crippen molar-refractivity contribution in [2.24, 2.45) is 0 Å². The number of alkyl halides is 1. The van der Waals surface area contributed by atoms with Gasteiger partial charge in [-0.1, -0.05) is 0 Å². The third-order valence-electron chi connectivity index (χ3n) is 2.00. The van der Waals surface area contributed by atoms with Crippen molar-refractivity contribution < 1.29 is 7.86 Å². The molecule has 0 N–H and O–H groups in total. The number of allylic oxidation sites excluding steroid dienone is 2. The Hall–Kier alpha value is -0.360. The third-order valence-corrected chi connectivity index (χ3v) is 8.06. The van der Waals surface area contributed by atoms with E-state index in [0.29, 0.717) is 4.48 Å². The average molecular weight is 381 g/mol. The molecule has 0 atom stereocenters. The van der Waals surface area contributed by atoms with Crippen molar-refractivity contribution in [3.8, 4) is 0 Å². The fraction of sp³-hybridized carbons (Fsp3) is 0.182. The van der Waals surface area contributed by atoms with Crippen molar-refractivity contribution in [3.63, 3.8) is 0 Å². The summed E-state index contributed by atoms with van der Waals surface area (Å²) in [5.41, 5.74) is 1.19. The minimum absolute atomic E-state index is 0.195. The molecule has 0 aliphatic carbocycles. The predicted molar refractivity (Wildman–Crippen MR) is 71.9 cm³/mol. The topological polar surface area (TPSA) is 26.3 Å². The van der Waals surface area contributed by atoms with Crippen LogP contribution in [-0.2, 0) is 12.3 Å². The molecule has 0 spiro atoms. The van der Waals surface area contributed by atoms with Gasteiger partial charge < -0.3 is 0 Å². The zero-order valence-electron chi connectivity index (χ0n) is 8.17. The van der Waals surface area contributed by atoms with Crippen molar-refractivity contribution in [2.75, 3.05) is 0 Å². The molecule has 0 radical (unpaired) electrons. The fourth-order valence-electron chi connectivity index (χ4n) is 1.23. The predicted octanol–water partition coefficient (Wildman–Crippen LogP) is 3.79. The molecule has 1 heterocycles. The first-order chi connectivity index (χ1) is 7.18. The van der Waals surface area contributed by atoms with Crippen molar-refractivity contribution in [2.45, 2.75) is 11.4 Å². The van der Waals surface area contributed by atoms with Gasteiger partial charge in [0, 0.05) is 0 Å². The van der Waals surface area contributed by atoms with Gasteiger partial charge in [0.15, 0.2) is 0 Å². The second kappa shape index (κ2) is 4.65. The first-order valence-corrected chi connectivity index (χ1v) is 8.75. The van der Waals surface area contributed by atoms with E-state index in [4.69, 9.17) is 3.07 Å². The van der Waals surface area contributed by atoms with Gasteiger partial charge in [-0.15, -0.1) is 0 Å². The monoisotopic (exact) mass is 380 g/mol. The van der Waals surface area contributed by atoms with Gasteiger partial charge in [0.1, 0.15) is 0 Å². The molecule has 2 rings (SSSR count). The van der Waals surface area contributed by atoms with Crippen LogP contribution in [0.25, 0.3) is 0 Å². The number of carbonyl (C=O) groups excluding carboxylic acids is 1. The fourth-order valence-corrected chi connectivity index (χ4v) is 6.68. The molecule has 0 amide bonds. The number of hydrogen-bond donors (Lipinski definition) is 0. The molecule has 0 fully saturated rings. The molecule has 1 aliphatic heterocycles. The molecular formula is C11H10BrIO2.